The molecule has 33 heavy (non-hydrogen) atoms. The minimum Gasteiger partial charge on any atom is -0.493 e. The van der Waals surface area contributed by atoms with Gasteiger partial charge in [-0.1, -0.05) is 6.92 Å². The quantitative estimate of drug-likeness (QED) is 0.534. The van der Waals surface area contributed by atoms with Crippen LogP contribution in [0.4, 0.5) is 17.1 Å². The first-order chi connectivity index (χ1) is 15.6. The van der Waals surface area contributed by atoms with Crippen LogP contribution in [0.1, 0.15) is 24.8 Å². The summed E-state index contributed by atoms with van der Waals surface area (Å²) in [5.74, 6) is -0.565. The smallest absolute Gasteiger partial charge is 0.238 e. The second-order valence-corrected chi connectivity index (χ2v) is 9.33. The Labute approximate surface area is 192 Å². The van der Waals surface area contributed by atoms with Gasteiger partial charge in [0, 0.05) is 17.5 Å². The predicted octanol–water partition coefficient (Wildman–Crippen LogP) is 2.17. The van der Waals surface area contributed by atoms with Crippen LogP contribution in [0.5, 0.6) is 11.5 Å². The number of benzene rings is 2. The monoisotopic (exact) mass is 474 g/mol. The molecule has 1 unspecified atom stereocenters. The molecule has 0 saturated heterocycles. The summed E-state index contributed by atoms with van der Waals surface area (Å²) in [6.07, 6.45) is 1.50. The molecule has 0 spiro atoms. The van der Waals surface area contributed by atoms with Gasteiger partial charge in [-0.25, -0.2) is 8.42 Å². The van der Waals surface area contributed by atoms with E-state index in [1.54, 1.807) is 24.3 Å². The lowest BCUT2D eigenvalue weighted by Crippen LogP contribution is -2.37. The van der Waals surface area contributed by atoms with Crippen LogP contribution in [-0.2, 0) is 19.6 Å². The van der Waals surface area contributed by atoms with Gasteiger partial charge in [-0.3, -0.25) is 18.9 Å². The molecule has 0 aliphatic carbocycles. The van der Waals surface area contributed by atoms with Crippen molar-refractivity contribution in [1.29, 1.82) is 0 Å². The fourth-order valence-corrected chi connectivity index (χ4v) is 4.53. The minimum absolute atomic E-state index is 0.206. The van der Waals surface area contributed by atoms with E-state index in [0.29, 0.717) is 35.0 Å². The molecule has 2 aromatic carbocycles. The third-order valence-electron chi connectivity index (χ3n) is 5.19. The highest BCUT2D eigenvalue weighted by Gasteiger charge is 2.35. The number of aliphatic imine (C=N–C) groups is 1. The molecule has 2 amide bonds. The van der Waals surface area contributed by atoms with Crippen molar-refractivity contribution in [3.8, 4) is 11.5 Å². The molecule has 3 rings (SSSR count). The van der Waals surface area contributed by atoms with Gasteiger partial charge in [-0.15, -0.1) is 0 Å². The number of sulfonamides is 1. The number of rotatable bonds is 9. The van der Waals surface area contributed by atoms with Crippen LogP contribution >= 0.6 is 0 Å². The zero-order valence-electron chi connectivity index (χ0n) is 18.8. The molecule has 0 saturated carbocycles. The third kappa shape index (κ3) is 5.08. The van der Waals surface area contributed by atoms with Gasteiger partial charge in [-0.2, -0.15) is 0 Å². The maximum absolute atomic E-state index is 12.8. The summed E-state index contributed by atoms with van der Waals surface area (Å²) in [6, 6.07) is 9.78. The number of carbonyl (C=O) groups is 2. The predicted molar refractivity (Wildman–Crippen MR) is 126 cm³/mol. The van der Waals surface area contributed by atoms with Crippen LogP contribution in [0, 0.1) is 0 Å². The summed E-state index contributed by atoms with van der Waals surface area (Å²) in [7, 11) is -0.649. The summed E-state index contributed by atoms with van der Waals surface area (Å²) in [5.41, 5.74) is 8.00. The van der Waals surface area contributed by atoms with E-state index in [1.165, 1.54) is 26.4 Å². The van der Waals surface area contributed by atoms with E-state index in [0.717, 1.165) is 16.1 Å². The highest BCUT2D eigenvalue weighted by molar-refractivity contribution is 7.92. The number of ether oxygens (including phenoxy) is 2. The number of nitrogens with two attached hydrogens (primary N) is 1. The maximum Gasteiger partial charge on any atom is 0.238 e. The molecule has 1 atom stereocenters. The SMILES string of the molecule is CCC(=Nc1ccc(N(CC(N)=O)S(C)(=O)=O)cc1)C1C(=O)Nc2cc(OC)c(OC)cc21. The van der Waals surface area contributed by atoms with Crippen LogP contribution < -0.4 is 24.8 Å². The van der Waals surface area contributed by atoms with Crippen molar-refractivity contribution in [3.05, 3.63) is 42.0 Å². The largest absolute Gasteiger partial charge is 0.493 e. The molecule has 1 aliphatic heterocycles. The van der Waals surface area contributed by atoms with E-state index in [9.17, 15) is 18.0 Å². The Morgan fingerprint density at radius 3 is 2.27 bits per heavy atom. The first-order valence-electron chi connectivity index (χ1n) is 10.1. The van der Waals surface area contributed by atoms with Gasteiger partial charge < -0.3 is 20.5 Å². The van der Waals surface area contributed by atoms with Gasteiger partial charge >= 0.3 is 0 Å². The Morgan fingerprint density at radius 1 is 1.15 bits per heavy atom. The van der Waals surface area contributed by atoms with Crippen LogP contribution in [0.15, 0.2) is 41.4 Å². The number of fused-ring (bicyclic) bond motifs is 1. The Morgan fingerprint density at radius 2 is 1.76 bits per heavy atom. The zero-order chi connectivity index (χ0) is 24.3. The van der Waals surface area contributed by atoms with E-state index in [2.05, 4.69) is 10.3 Å². The molecular weight excluding hydrogens is 448 g/mol. The number of nitrogens with zero attached hydrogens (tertiary/aromatic N) is 2. The Hall–Kier alpha value is -3.60. The minimum atomic E-state index is -3.70. The summed E-state index contributed by atoms with van der Waals surface area (Å²) in [6.45, 7) is 1.43. The Kier molecular flexibility index (Phi) is 6.92. The highest BCUT2D eigenvalue weighted by Crippen LogP contribution is 2.42. The summed E-state index contributed by atoms with van der Waals surface area (Å²) < 4.78 is 35.7. The number of primary amides is 1. The van der Waals surface area contributed by atoms with Gasteiger partial charge in [0.15, 0.2) is 11.5 Å². The average molecular weight is 475 g/mol. The van der Waals surface area contributed by atoms with Crippen molar-refractivity contribution in [2.24, 2.45) is 10.7 Å². The maximum atomic E-state index is 12.8. The van der Waals surface area contributed by atoms with Gasteiger partial charge in [0.2, 0.25) is 21.8 Å². The normalized spacial score (nSPS) is 15.6. The van der Waals surface area contributed by atoms with Crippen LogP contribution in [0.25, 0.3) is 0 Å². The van der Waals surface area contributed by atoms with Crippen molar-refractivity contribution >= 4 is 44.6 Å². The Bertz CT molecular complexity index is 1210. The fraction of sp³-hybridized carbons (Fsp3) is 0.318. The van der Waals surface area contributed by atoms with Gasteiger partial charge in [0.25, 0.3) is 0 Å². The number of anilines is 2. The summed E-state index contributed by atoms with van der Waals surface area (Å²) in [4.78, 5) is 28.7. The zero-order valence-corrected chi connectivity index (χ0v) is 19.6. The molecule has 0 bridgehead atoms. The van der Waals surface area contributed by atoms with Crippen molar-refractivity contribution in [2.45, 2.75) is 19.3 Å². The van der Waals surface area contributed by atoms with E-state index < -0.39 is 28.4 Å². The molecule has 1 aliphatic rings. The summed E-state index contributed by atoms with van der Waals surface area (Å²) in [5, 5.41) is 2.86. The standard InChI is InChI=1S/C22H26N4O6S/c1-5-16(21-15-10-18(31-2)19(32-3)11-17(15)25-22(21)28)24-13-6-8-14(9-7-13)26(12-20(23)27)33(4,29)30/h6-11,21H,5,12H2,1-4H3,(H2,23,27)(H,25,28). The second-order valence-electron chi connectivity index (χ2n) is 7.43. The fourth-order valence-electron chi connectivity index (χ4n) is 3.67. The van der Waals surface area contributed by atoms with Crippen molar-refractivity contribution in [2.75, 3.05) is 36.6 Å². The lowest BCUT2D eigenvalue weighted by Gasteiger charge is -2.20. The number of hydrogen-bond acceptors (Lipinski definition) is 7. The van der Waals surface area contributed by atoms with Gasteiger partial charge in [0.05, 0.1) is 31.9 Å². The number of methoxy groups -OCH3 is 2. The number of hydrogen-bond donors (Lipinski definition) is 2. The first-order valence-corrected chi connectivity index (χ1v) is 11.9. The molecule has 176 valence electrons. The van der Waals surface area contributed by atoms with Crippen LogP contribution in [-0.4, -0.2) is 53.0 Å². The van der Waals surface area contributed by atoms with Crippen LogP contribution in [0.2, 0.25) is 0 Å². The first kappa shape index (κ1) is 24.1. The lowest BCUT2D eigenvalue weighted by atomic mass is 9.93. The molecular formula is C22H26N4O6S. The number of amides is 2. The van der Waals surface area contributed by atoms with E-state index in [-0.39, 0.29) is 11.6 Å². The summed E-state index contributed by atoms with van der Waals surface area (Å²) >= 11 is 0. The highest BCUT2D eigenvalue weighted by atomic mass is 32.2. The van der Waals surface area contributed by atoms with Gasteiger partial charge in [0.1, 0.15) is 12.5 Å². The molecule has 0 fully saturated rings. The lowest BCUT2D eigenvalue weighted by molar-refractivity contribution is -0.117. The number of carbonyl (C=O) groups excluding carboxylic acids is 2. The third-order valence-corrected chi connectivity index (χ3v) is 6.33. The van der Waals surface area contributed by atoms with E-state index in [4.69, 9.17) is 15.2 Å². The molecule has 11 heteroatoms. The van der Waals surface area contributed by atoms with Crippen molar-refractivity contribution in [1.82, 2.24) is 0 Å². The molecule has 1 heterocycles. The second kappa shape index (κ2) is 9.49. The average Bonchev–Trinajstić information content (AvgIpc) is 3.09. The topological polar surface area (TPSA) is 140 Å². The van der Waals surface area contributed by atoms with Crippen LogP contribution in [0.3, 0.4) is 0 Å². The van der Waals surface area contributed by atoms with E-state index >= 15 is 0 Å². The molecule has 10 nitrogen and oxygen atoms in total. The molecule has 0 radical (unpaired) electrons. The van der Waals surface area contributed by atoms with Crippen molar-refractivity contribution < 1.29 is 27.5 Å². The van der Waals surface area contributed by atoms with Gasteiger partial charge in [-0.05, 0) is 42.3 Å². The molecule has 3 N–H and O–H groups in total. The van der Waals surface area contributed by atoms with Crippen molar-refractivity contribution in [3.63, 3.8) is 0 Å². The molecule has 2 aromatic rings. The Balaban J connectivity index is 1.96. The number of nitrogens with one attached hydrogen (secondary N) is 1. The molecule has 0 aromatic heterocycles. The van der Waals surface area contributed by atoms with E-state index in [1.807, 2.05) is 6.92 Å².